The molecule has 1 aromatic carbocycles. The number of aliphatic imine (C=N–C) groups is 1. The van der Waals surface area contributed by atoms with Crippen molar-refractivity contribution in [2.45, 2.75) is 52.7 Å². The summed E-state index contributed by atoms with van der Waals surface area (Å²) in [5, 5.41) is 6.88. The number of hydrogen-bond donors (Lipinski definition) is 2. The highest BCUT2D eigenvalue weighted by Crippen LogP contribution is 2.13. The lowest BCUT2D eigenvalue weighted by Gasteiger charge is -2.34. The van der Waals surface area contributed by atoms with E-state index in [1.807, 2.05) is 37.2 Å². The monoisotopic (exact) mass is 410 g/mol. The van der Waals surface area contributed by atoms with Gasteiger partial charge in [0.05, 0.1) is 0 Å². The minimum absolute atomic E-state index is 0.0630. The lowest BCUT2D eigenvalue weighted by atomic mass is 10.0. The Bertz CT molecular complexity index is 821. The first-order chi connectivity index (χ1) is 14.6. The number of piperidine rings is 1. The van der Waals surface area contributed by atoms with E-state index in [0.717, 1.165) is 50.8 Å². The number of likely N-dealkylation sites (tertiary alicyclic amines) is 1. The number of nitrogens with one attached hydrogen (secondary N) is 2. The SMILES string of the molecule is CCNC(=NCc1nccn1Cc1ccccc1)NC1CCN(C(=O)C(C)C)CC1. The molecule has 0 radical (unpaired) electrons. The van der Waals surface area contributed by atoms with Crippen LogP contribution in [0.25, 0.3) is 0 Å². The van der Waals surface area contributed by atoms with Crippen LogP contribution in [0, 0.1) is 5.92 Å². The van der Waals surface area contributed by atoms with Crippen LogP contribution in [0.3, 0.4) is 0 Å². The van der Waals surface area contributed by atoms with E-state index in [9.17, 15) is 4.79 Å². The maximum Gasteiger partial charge on any atom is 0.225 e. The molecule has 2 N–H and O–H groups in total. The molecule has 0 bridgehead atoms. The van der Waals surface area contributed by atoms with Crippen molar-refractivity contribution >= 4 is 11.9 Å². The molecule has 7 heteroatoms. The Hall–Kier alpha value is -2.83. The zero-order chi connectivity index (χ0) is 21.3. The summed E-state index contributed by atoms with van der Waals surface area (Å²) in [5.41, 5.74) is 1.24. The summed E-state index contributed by atoms with van der Waals surface area (Å²) in [7, 11) is 0. The van der Waals surface area contributed by atoms with Gasteiger partial charge in [0, 0.05) is 50.5 Å². The van der Waals surface area contributed by atoms with Gasteiger partial charge < -0.3 is 20.1 Å². The largest absolute Gasteiger partial charge is 0.357 e. The summed E-state index contributed by atoms with van der Waals surface area (Å²) in [6, 6.07) is 10.7. The number of nitrogens with zero attached hydrogens (tertiary/aromatic N) is 4. The molecule has 0 atom stereocenters. The van der Waals surface area contributed by atoms with Crippen molar-refractivity contribution in [2.24, 2.45) is 10.9 Å². The maximum absolute atomic E-state index is 12.2. The highest BCUT2D eigenvalue weighted by Gasteiger charge is 2.24. The van der Waals surface area contributed by atoms with E-state index in [0.29, 0.717) is 12.6 Å². The van der Waals surface area contributed by atoms with Crippen LogP contribution in [-0.2, 0) is 17.9 Å². The van der Waals surface area contributed by atoms with Crippen molar-refractivity contribution in [3.8, 4) is 0 Å². The normalized spacial score (nSPS) is 15.5. The molecule has 3 rings (SSSR count). The average molecular weight is 411 g/mol. The molecule has 0 saturated carbocycles. The molecule has 162 valence electrons. The molecule has 1 saturated heterocycles. The second-order valence-corrected chi connectivity index (χ2v) is 8.05. The van der Waals surface area contributed by atoms with Crippen LogP contribution in [0.15, 0.2) is 47.7 Å². The molecule has 0 aliphatic carbocycles. The van der Waals surface area contributed by atoms with Crippen LogP contribution in [-0.4, -0.2) is 52.0 Å². The lowest BCUT2D eigenvalue weighted by molar-refractivity contribution is -0.135. The van der Waals surface area contributed by atoms with Crippen molar-refractivity contribution in [3.05, 3.63) is 54.1 Å². The number of rotatable bonds is 7. The number of aromatic nitrogens is 2. The molecule has 1 aliphatic rings. The van der Waals surface area contributed by atoms with E-state index in [-0.39, 0.29) is 11.8 Å². The van der Waals surface area contributed by atoms with Crippen LogP contribution in [0.5, 0.6) is 0 Å². The van der Waals surface area contributed by atoms with Gasteiger partial charge in [0.25, 0.3) is 0 Å². The molecule has 2 heterocycles. The summed E-state index contributed by atoms with van der Waals surface area (Å²) < 4.78 is 2.14. The van der Waals surface area contributed by atoms with E-state index in [1.165, 1.54) is 5.56 Å². The van der Waals surface area contributed by atoms with Crippen molar-refractivity contribution in [1.82, 2.24) is 25.1 Å². The second kappa shape index (κ2) is 10.8. The van der Waals surface area contributed by atoms with Crippen molar-refractivity contribution in [2.75, 3.05) is 19.6 Å². The van der Waals surface area contributed by atoms with Gasteiger partial charge in [-0.1, -0.05) is 44.2 Å². The van der Waals surface area contributed by atoms with Gasteiger partial charge in [-0.15, -0.1) is 0 Å². The lowest BCUT2D eigenvalue weighted by Crippen LogP contribution is -2.50. The minimum Gasteiger partial charge on any atom is -0.357 e. The van der Waals surface area contributed by atoms with Gasteiger partial charge in [0.15, 0.2) is 5.96 Å². The third-order valence-corrected chi connectivity index (χ3v) is 5.36. The Labute approximate surface area is 179 Å². The van der Waals surface area contributed by atoms with Crippen LogP contribution in [0.1, 0.15) is 45.0 Å². The van der Waals surface area contributed by atoms with E-state index in [1.54, 1.807) is 0 Å². The fourth-order valence-corrected chi connectivity index (χ4v) is 3.69. The Morgan fingerprint density at radius 3 is 2.63 bits per heavy atom. The molecule has 1 aliphatic heterocycles. The summed E-state index contributed by atoms with van der Waals surface area (Å²) in [6.45, 7) is 9.70. The van der Waals surface area contributed by atoms with E-state index in [4.69, 9.17) is 4.99 Å². The van der Waals surface area contributed by atoms with Gasteiger partial charge in [0.1, 0.15) is 12.4 Å². The van der Waals surface area contributed by atoms with Gasteiger partial charge in [0.2, 0.25) is 5.91 Å². The smallest absolute Gasteiger partial charge is 0.225 e. The number of guanidine groups is 1. The summed E-state index contributed by atoms with van der Waals surface area (Å²) >= 11 is 0. The van der Waals surface area contributed by atoms with E-state index >= 15 is 0 Å². The fraction of sp³-hybridized carbons (Fsp3) is 0.522. The topological polar surface area (TPSA) is 74.6 Å². The average Bonchev–Trinajstić information content (AvgIpc) is 3.19. The molecule has 0 unspecified atom stereocenters. The summed E-state index contributed by atoms with van der Waals surface area (Å²) in [5.74, 6) is 2.06. The standard InChI is InChI=1S/C23H34N6O/c1-4-24-23(27-20-10-13-28(14-11-20)22(30)18(2)3)26-16-21-25-12-15-29(21)17-19-8-6-5-7-9-19/h5-9,12,15,18,20H,4,10-11,13-14,16-17H2,1-3H3,(H2,24,26,27). The predicted octanol–water partition coefficient (Wildman–Crippen LogP) is 2.63. The van der Waals surface area contributed by atoms with E-state index in [2.05, 4.69) is 51.4 Å². The second-order valence-electron chi connectivity index (χ2n) is 8.05. The molecular formula is C23H34N6O. The van der Waals surface area contributed by atoms with Crippen LogP contribution >= 0.6 is 0 Å². The third kappa shape index (κ3) is 6.08. The minimum atomic E-state index is 0.0630. The van der Waals surface area contributed by atoms with Crippen LogP contribution in [0.2, 0.25) is 0 Å². The molecule has 30 heavy (non-hydrogen) atoms. The number of hydrogen-bond acceptors (Lipinski definition) is 3. The predicted molar refractivity (Wildman–Crippen MR) is 120 cm³/mol. The first kappa shape index (κ1) is 21.9. The fourth-order valence-electron chi connectivity index (χ4n) is 3.69. The van der Waals surface area contributed by atoms with Gasteiger partial charge in [-0.25, -0.2) is 9.98 Å². The number of carbonyl (C=O) groups is 1. The zero-order valence-electron chi connectivity index (χ0n) is 18.3. The van der Waals surface area contributed by atoms with Gasteiger partial charge in [-0.05, 0) is 25.3 Å². The highest BCUT2D eigenvalue weighted by molar-refractivity contribution is 5.80. The van der Waals surface area contributed by atoms with Crippen molar-refractivity contribution in [1.29, 1.82) is 0 Å². The Morgan fingerprint density at radius 1 is 1.23 bits per heavy atom. The number of amides is 1. The van der Waals surface area contributed by atoms with Crippen LogP contribution in [0.4, 0.5) is 0 Å². The zero-order valence-corrected chi connectivity index (χ0v) is 18.3. The number of carbonyl (C=O) groups excluding carboxylic acids is 1. The summed E-state index contributed by atoms with van der Waals surface area (Å²) in [4.78, 5) is 23.4. The molecular weight excluding hydrogens is 376 g/mol. The molecule has 1 fully saturated rings. The van der Waals surface area contributed by atoms with Gasteiger partial charge in [-0.2, -0.15) is 0 Å². The van der Waals surface area contributed by atoms with Crippen molar-refractivity contribution in [3.63, 3.8) is 0 Å². The van der Waals surface area contributed by atoms with E-state index < -0.39 is 0 Å². The maximum atomic E-state index is 12.2. The quantitative estimate of drug-likeness (QED) is 0.544. The Kier molecular flexibility index (Phi) is 7.88. The van der Waals surface area contributed by atoms with Gasteiger partial charge in [-0.3, -0.25) is 4.79 Å². The molecule has 2 aromatic rings. The molecule has 7 nitrogen and oxygen atoms in total. The van der Waals surface area contributed by atoms with Crippen LogP contribution < -0.4 is 10.6 Å². The highest BCUT2D eigenvalue weighted by atomic mass is 16.2. The van der Waals surface area contributed by atoms with Gasteiger partial charge >= 0.3 is 0 Å². The summed E-state index contributed by atoms with van der Waals surface area (Å²) in [6.07, 6.45) is 5.70. The molecule has 1 aromatic heterocycles. The third-order valence-electron chi connectivity index (χ3n) is 5.36. The van der Waals surface area contributed by atoms with Crippen molar-refractivity contribution < 1.29 is 4.79 Å². The number of benzene rings is 1. The first-order valence-corrected chi connectivity index (χ1v) is 10.9. The molecule has 1 amide bonds. The number of imidazole rings is 1. The Morgan fingerprint density at radius 2 is 1.97 bits per heavy atom. The molecule has 0 spiro atoms. The Balaban J connectivity index is 1.57. The first-order valence-electron chi connectivity index (χ1n) is 10.9.